The van der Waals surface area contributed by atoms with Gasteiger partial charge in [0, 0.05) is 51.9 Å². The van der Waals surface area contributed by atoms with Crippen LogP contribution < -0.4 is 14.8 Å². The first-order valence-electron chi connectivity index (χ1n) is 8.51. The van der Waals surface area contributed by atoms with Crippen LogP contribution in [0.4, 0.5) is 0 Å². The van der Waals surface area contributed by atoms with E-state index in [0.717, 1.165) is 17.1 Å². The van der Waals surface area contributed by atoms with Crippen molar-refractivity contribution >= 4 is 40.0 Å². The Morgan fingerprint density at radius 3 is 2.63 bits per heavy atom. The molecule has 0 amide bonds. The number of nitrogens with zero attached hydrogens (tertiary/aromatic N) is 3. The first-order chi connectivity index (χ1) is 12.4. The van der Waals surface area contributed by atoms with E-state index in [0.29, 0.717) is 38.6 Å². The fourth-order valence-electron chi connectivity index (χ4n) is 2.93. The predicted molar refractivity (Wildman–Crippen MR) is 118 cm³/mol. The fourth-order valence-corrected chi connectivity index (χ4v) is 4.46. The minimum absolute atomic E-state index is 0. The first-order valence-corrected chi connectivity index (χ1v) is 10.1. The van der Waals surface area contributed by atoms with Crippen molar-refractivity contribution in [1.29, 1.82) is 0 Å². The highest BCUT2D eigenvalue weighted by Crippen LogP contribution is 2.25. The molecule has 1 aliphatic heterocycles. The topological polar surface area (TPSA) is 83.5 Å². The molecule has 1 aromatic rings. The van der Waals surface area contributed by atoms with Gasteiger partial charge >= 0.3 is 0 Å². The van der Waals surface area contributed by atoms with Gasteiger partial charge in [0.25, 0.3) is 0 Å². The Hall–Kier alpha value is -1.27. The van der Waals surface area contributed by atoms with Crippen LogP contribution in [0.3, 0.4) is 0 Å². The molecular weight excluding hydrogens is 483 g/mol. The molecule has 0 unspecified atom stereocenters. The molecule has 8 nitrogen and oxygen atoms in total. The molecule has 0 bridgehead atoms. The highest BCUT2D eigenvalue weighted by Gasteiger charge is 2.27. The van der Waals surface area contributed by atoms with Crippen molar-refractivity contribution in [3.8, 4) is 11.5 Å². The third-order valence-corrected chi connectivity index (χ3v) is 6.28. The molecule has 2 rings (SSSR count). The molecule has 0 aliphatic carbocycles. The Bertz CT molecular complexity index is 742. The summed E-state index contributed by atoms with van der Waals surface area (Å²) in [4.78, 5) is 6.23. The third-order valence-electron chi connectivity index (χ3n) is 4.32. The van der Waals surface area contributed by atoms with E-state index in [4.69, 9.17) is 9.47 Å². The molecule has 1 heterocycles. The van der Waals surface area contributed by atoms with E-state index in [1.54, 1.807) is 21.3 Å². The Morgan fingerprint density at radius 1 is 1.33 bits per heavy atom. The summed E-state index contributed by atoms with van der Waals surface area (Å²) in [6, 6.07) is 5.69. The van der Waals surface area contributed by atoms with E-state index in [1.165, 1.54) is 4.31 Å². The molecular formula is C17H29IN4O4S. The summed E-state index contributed by atoms with van der Waals surface area (Å²) in [5.41, 5.74) is 1.00. The van der Waals surface area contributed by atoms with Gasteiger partial charge in [0.05, 0.1) is 20.0 Å². The van der Waals surface area contributed by atoms with Crippen LogP contribution in [0.15, 0.2) is 23.2 Å². The highest BCUT2D eigenvalue weighted by molar-refractivity contribution is 14.0. The molecule has 0 radical (unpaired) electrons. The SMILES string of the molecule is CN=C(NCCN1CCCS1(=O)=O)N(C)Cc1ccc(OC)cc1OC.I. The van der Waals surface area contributed by atoms with Crippen LogP contribution in [0.25, 0.3) is 0 Å². The quantitative estimate of drug-likeness (QED) is 0.338. The number of benzene rings is 1. The number of rotatable bonds is 7. The van der Waals surface area contributed by atoms with Gasteiger partial charge in [-0.15, -0.1) is 24.0 Å². The zero-order valence-electron chi connectivity index (χ0n) is 16.3. The van der Waals surface area contributed by atoms with Gasteiger partial charge in [-0.1, -0.05) is 0 Å². The van der Waals surface area contributed by atoms with Crippen LogP contribution in [0.1, 0.15) is 12.0 Å². The van der Waals surface area contributed by atoms with Crippen molar-refractivity contribution in [3.05, 3.63) is 23.8 Å². The van der Waals surface area contributed by atoms with Gasteiger partial charge < -0.3 is 19.7 Å². The summed E-state index contributed by atoms with van der Waals surface area (Å²) in [5.74, 6) is 2.43. The van der Waals surface area contributed by atoms with Crippen molar-refractivity contribution < 1.29 is 17.9 Å². The second-order valence-corrected chi connectivity index (χ2v) is 8.16. The molecule has 0 atom stereocenters. The zero-order chi connectivity index (χ0) is 19.2. The van der Waals surface area contributed by atoms with E-state index in [-0.39, 0.29) is 29.7 Å². The Kier molecular flexibility index (Phi) is 9.60. The maximum Gasteiger partial charge on any atom is 0.214 e. The summed E-state index contributed by atoms with van der Waals surface area (Å²) >= 11 is 0. The number of methoxy groups -OCH3 is 2. The maximum atomic E-state index is 11.8. The highest BCUT2D eigenvalue weighted by atomic mass is 127. The molecule has 0 spiro atoms. The lowest BCUT2D eigenvalue weighted by molar-refractivity contribution is 0.382. The molecule has 0 saturated carbocycles. The van der Waals surface area contributed by atoms with Crippen LogP contribution in [0.2, 0.25) is 0 Å². The Balaban J connectivity index is 0.00000364. The standard InChI is InChI=1S/C17H28N4O4S.HI/c1-18-17(19-8-10-21-9-5-11-26(21,22)23)20(2)13-14-6-7-15(24-3)12-16(14)25-4;/h6-7,12H,5,8-11,13H2,1-4H3,(H,18,19);1H. The molecule has 1 aromatic carbocycles. The van der Waals surface area contributed by atoms with E-state index in [1.807, 2.05) is 30.1 Å². The van der Waals surface area contributed by atoms with Crippen LogP contribution >= 0.6 is 24.0 Å². The minimum Gasteiger partial charge on any atom is -0.497 e. The molecule has 27 heavy (non-hydrogen) atoms. The van der Waals surface area contributed by atoms with Crippen LogP contribution in [0.5, 0.6) is 11.5 Å². The second kappa shape index (κ2) is 10.9. The summed E-state index contributed by atoms with van der Waals surface area (Å²) in [7, 11) is 3.81. The van der Waals surface area contributed by atoms with Gasteiger partial charge in [-0.3, -0.25) is 4.99 Å². The lowest BCUT2D eigenvalue weighted by Crippen LogP contribution is -2.42. The summed E-state index contributed by atoms with van der Waals surface area (Å²) in [6.45, 7) is 2.15. The largest absolute Gasteiger partial charge is 0.497 e. The van der Waals surface area contributed by atoms with Gasteiger partial charge in [-0.05, 0) is 18.6 Å². The fraction of sp³-hybridized carbons (Fsp3) is 0.588. The predicted octanol–water partition coefficient (Wildman–Crippen LogP) is 1.36. The summed E-state index contributed by atoms with van der Waals surface area (Å²) in [5, 5.41) is 3.22. The van der Waals surface area contributed by atoms with Crippen LogP contribution in [-0.4, -0.2) is 77.3 Å². The maximum absolute atomic E-state index is 11.8. The number of aliphatic imine (C=N–C) groups is 1. The van der Waals surface area contributed by atoms with E-state index >= 15 is 0 Å². The smallest absolute Gasteiger partial charge is 0.214 e. The summed E-state index contributed by atoms with van der Waals surface area (Å²) < 4.78 is 35.9. The molecule has 1 saturated heterocycles. The molecule has 1 aliphatic rings. The van der Waals surface area contributed by atoms with Crippen molar-refractivity contribution in [2.45, 2.75) is 13.0 Å². The Morgan fingerprint density at radius 2 is 2.07 bits per heavy atom. The number of ether oxygens (including phenoxy) is 2. The molecule has 0 aromatic heterocycles. The summed E-state index contributed by atoms with van der Waals surface area (Å²) in [6.07, 6.45) is 0.703. The third kappa shape index (κ3) is 6.39. The van der Waals surface area contributed by atoms with Gasteiger partial charge in [0.2, 0.25) is 10.0 Å². The van der Waals surface area contributed by atoms with Gasteiger partial charge in [0.1, 0.15) is 11.5 Å². The number of hydrogen-bond acceptors (Lipinski definition) is 5. The Labute approximate surface area is 179 Å². The average Bonchev–Trinajstić information content (AvgIpc) is 2.97. The van der Waals surface area contributed by atoms with Crippen molar-refractivity contribution in [3.63, 3.8) is 0 Å². The molecule has 154 valence electrons. The molecule has 1 fully saturated rings. The van der Waals surface area contributed by atoms with E-state index < -0.39 is 10.0 Å². The monoisotopic (exact) mass is 512 g/mol. The second-order valence-electron chi connectivity index (χ2n) is 6.08. The average molecular weight is 512 g/mol. The normalized spacial score (nSPS) is 16.5. The molecule has 10 heteroatoms. The van der Waals surface area contributed by atoms with Crippen LogP contribution in [0, 0.1) is 0 Å². The van der Waals surface area contributed by atoms with E-state index in [9.17, 15) is 8.42 Å². The van der Waals surface area contributed by atoms with E-state index in [2.05, 4.69) is 10.3 Å². The van der Waals surface area contributed by atoms with Gasteiger partial charge in [-0.25, -0.2) is 12.7 Å². The van der Waals surface area contributed by atoms with Gasteiger partial charge in [0.15, 0.2) is 5.96 Å². The number of sulfonamides is 1. The van der Waals surface area contributed by atoms with Crippen molar-refractivity contribution in [2.75, 3.05) is 53.7 Å². The number of halogens is 1. The minimum atomic E-state index is -3.06. The lowest BCUT2D eigenvalue weighted by Gasteiger charge is -2.24. The zero-order valence-corrected chi connectivity index (χ0v) is 19.4. The lowest BCUT2D eigenvalue weighted by atomic mass is 10.2. The first kappa shape index (κ1) is 23.8. The van der Waals surface area contributed by atoms with Crippen LogP contribution in [-0.2, 0) is 16.6 Å². The van der Waals surface area contributed by atoms with Gasteiger partial charge in [-0.2, -0.15) is 0 Å². The van der Waals surface area contributed by atoms with Crippen molar-refractivity contribution in [1.82, 2.24) is 14.5 Å². The number of nitrogens with one attached hydrogen (secondary N) is 1. The number of guanidine groups is 1. The number of hydrogen-bond donors (Lipinski definition) is 1. The molecule has 1 N–H and O–H groups in total. The van der Waals surface area contributed by atoms with Crippen molar-refractivity contribution in [2.24, 2.45) is 4.99 Å².